The minimum absolute atomic E-state index is 0.0302. The zero-order valence-electron chi connectivity index (χ0n) is 17.1. The predicted molar refractivity (Wildman–Crippen MR) is 114 cm³/mol. The Morgan fingerprint density at radius 2 is 1.41 bits per heavy atom. The van der Waals surface area contributed by atoms with Gasteiger partial charge in [0, 0.05) is 17.5 Å². The Morgan fingerprint density at radius 3 is 2.00 bits per heavy atom. The van der Waals surface area contributed by atoms with Crippen LogP contribution >= 0.6 is 0 Å². The number of ether oxygens (including phenoxy) is 4. The molecule has 0 aliphatic rings. The molecular weight excluding hydrogens is 420 g/mol. The molecule has 32 heavy (non-hydrogen) atoms. The zero-order chi connectivity index (χ0) is 23.3. The van der Waals surface area contributed by atoms with Crippen molar-refractivity contribution in [3.8, 4) is 11.5 Å². The highest BCUT2D eigenvalue weighted by molar-refractivity contribution is 5.91. The predicted octanol–water partition coefficient (Wildman–Crippen LogP) is 2.48. The molecule has 2 aromatic rings. The first-order valence-electron chi connectivity index (χ1n) is 9.45. The van der Waals surface area contributed by atoms with Gasteiger partial charge in [0.1, 0.15) is 24.7 Å². The third kappa shape index (κ3) is 7.82. The molecule has 0 spiro atoms. The first-order chi connectivity index (χ1) is 15.4. The normalized spacial score (nSPS) is 9.88. The first-order valence-corrected chi connectivity index (χ1v) is 9.45. The molecule has 168 valence electrons. The van der Waals surface area contributed by atoms with E-state index >= 15 is 0 Å². The van der Waals surface area contributed by atoms with Crippen molar-refractivity contribution >= 4 is 34.9 Å². The van der Waals surface area contributed by atoms with Crippen LogP contribution in [0.5, 0.6) is 11.5 Å². The summed E-state index contributed by atoms with van der Waals surface area (Å²) >= 11 is 0. The number of carbonyl (C=O) groups is 4. The van der Waals surface area contributed by atoms with Crippen molar-refractivity contribution in [2.75, 3.05) is 26.3 Å². The number of amides is 2. The molecule has 0 bridgehead atoms. The van der Waals surface area contributed by atoms with Gasteiger partial charge in [0.25, 0.3) is 0 Å². The molecule has 0 unspecified atom stereocenters. The van der Waals surface area contributed by atoms with Crippen LogP contribution in [-0.4, -0.2) is 50.4 Å². The van der Waals surface area contributed by atoms with E-state index in [0.717, 1.165) is 17.5 Å². The summed E-state index contributed by atoms with van der Waals surface area (Å²) in [6.45, 7) is 6.59. The smallest absolute Gasteiger partial charge is 0.412 e. The number of hydrogen-bond acceptors (Lipinski definition) is 8. The molecule has 0 aliphatic heterocycles. The summed E-state index contributed by atoms with van der Waals surface area (Å²) in [4.78, 5) is 45.8. The molecule has 0 saturated heterocycles. The Bertz CT molecular complexity index is 1020. The van der Waals surface area contributed by atoms with Crippen molar-refractivity contribution in [3.05, 3.63) is 61.7 Å². The van der Waals surface area contributed by atoms with Crippen LogP contribution in [0.2, 0.25) is 0 Å². The maximum Gasteiger partial charge on any atom is 0.412 e. The minimum Gasteiger partial charge on any atom is -0.461 e. The van der Waals surface area contributed by atoms with Gasteiger partial charge in [-0.05, 0) is 23.6 Å². The van der Waals surface area contributed by atoms with E-state index in [-0.39, 0.29) is 37.8 Å². The van der Waals surface area contributed by atoms with E-state index < -0.39 is 24.1 Å². The topological polar surface area (TPSA) is 129 Å². The second-order valence-electron chi connectivity index (χ2n) is 6.01. The molecule has 0 aromatic heterocycles. The van der Waals surface area contributed by atoms with Crippen LogP contribution in [0.1, 0.15) is 0 Å². The molecule has 0 saturated carbocycles. The van der Waals surface area contributed by atoms with E-state index in [2.05, 4.69) is 23.8 Å². The maximum absolute atomic E-state index is 12.0. The number of rotatable bonds is 10. The lowest BCUT2D eigenvalue weighted by molar-refractivity contribution is -0.138. The molecule has 0 radical (unpaired) electrons. The molecule has 0 atom stereocenters. The number of benzene rings is 2. The van der Waals surface area contributed by atoms with Gasteiger partial charge in [-0.25, -0.2) is 19.2 Å². The first kappa shape index (κ1) is 23.9. The number of hydrogen-bond donors (Lipinski definition) is 2. The second-order valence-corrected chi connectivity index (χ2v) is 6.01. The Morgan fingerprint density at radius 1 is 0.812 bits per heavy atom. The molecule has 2 N–H and O–H groups in total. The van der Waals surface area contributed by atoms with Gasteiger partial charge in [0.2, 0.25) is 0 Å². The molecule has 10 heteroatoms. The Hall–Kier alpha value is -4.34. The van der Waals surface area contributed by atoms with Gasteiger partial charge in [0.15, 0.2) is 0 Å². The van der Waals surface area contributed by atoms with Gasteiger partial charge < -0.3 is 29.6 Å². The summed E-state index contributed by atoms with van der Waals surface area (Å²) < 4.78 is 20.0. The van der Waals surface area contributed by atoms with Crippen LogP contribution in [0.4, 0.5) is 9.59 Å². The lowest BCUT2D eigenvalue weighted by Crippen LogP contribution is -2.30. The monoisotopic (exact) mass is 442 g/mol. The summed E-state index contributed by atoms with van der Waals surface area (Å²) in [5.41, 5.74) is 0. The number of carbonyl (C=O) groups excluding carboxylic acids is 4. The van der Waals surface area contributed by atoms with Crippen LogP contribution in [0, 0.1) is 0 Å². The number of nitrogens with one attached hydrogen (secondary N) is 2. The van der Waals surface area contributed by atoms with E-state index in [4.69, 9.17) is 18.9 Å². The Kier molecular flexibility index (Phi) is 9.26. The molecule has 2 rings (SSSR count). The average molecular weight is 442 g/mol. The molecule has 0 heterocycles. The van der Waals surface area contributed by atoms with Crippen LogP contribution in [-0.2, 0) is 19.1 Å². The SMILES string of the molecule is C=CC(=O)OCCNC(=O)Oc1ccc2cccc(OC(=O)NCCOC(=O)C=C)c2c1. The fourth-order valence-electron chi connectivity index (χ4n) is 2.38. The van der Waals surface area contributed by atoms with Gasteiger partial charge in [-0.2, -0.15) is 0 Å². The van der Waals surface area contributed by atoms with Gasteiger partial charge in [-0.15, -0.1) is 0 Å². The van der Waals surface area contributed by atoms with Crippen molar-refractivity contribution in [2.24, 2.45) is 0 Å². The van der Waals surface area contributed by atoms with E-state index in [9.17, 15) is 19.2 Å². The standard InChI is InChI=1S/C22H22N2O8/c1-3-19(25)29-12-10-23-21(27)31-16-9-8-15-6-5-7-18(17(15)14-16)32-22(28)24-11-13-30-20(26)4-2/h3-9,14H,1-2,10-13H2,(H,23,27)(H,24,28). The molecule has 2 aromatic carbocycles. The molecule has 10 nitrogen and oxygen atoms in total. The summed E-state index contributed by atoms with van der Waals surface area (Å²) in [6, 6.07) is 9.90. The van der Waals surface area contributed by atoms with Gasteiger partial charge in [-0.3, -0.25) is 0 Å². The van der Waals surface area contributed by atoms with Gasteiger partial charge in [0.05, 0.1) is 13.1 Å². The van der Waals surface area contributed by atoms with Crippen molar-refractivity contribution in [3.63, 3.8) is 0 Å². The number of fused-ring (bicyclic) bond motifs is 1. The third-order valence-corrected chi connectivity index (χ3v) is 3.79. The highest BCUT2D eigenvalue weighted by Crippen LogP contribution is 2.29. The lowest BCUT2D eigenvalue weighted by Gasteiger charge is -2.11. The highest BCUT2D eigenvalue weighted by atomic mass is 16.6. The van der Waals surface area contributed by atoms with E-state index in [0.29, 0.717) is 5.39 Å². The van der Waals surface area contributed by atoms with Crippen molar-refractivity contribution in [1.29, 1.82) is 0 Å². The molecule has 0 aliphatic carbocycles. The van der Waals surface area contributed by atoms with Crippen molar-refractivity contribution in [2.45, 2.75) is 0 Å². The number of esters is 2. The zero-order valence-corrected chi connectivity index (χ0v) is 17.1. The van der Waals surface area contributed by atoms with Crippen molar-refractivity contribution in [1.82, 2.24) is 10.6 Å². The summed E-state index contributed by atoms with van der Waals surface area (Å²) in [7, 11) is 0. The van der Waals surface area contributed by atoms with E-state index in [1.165, 1.54) is 0 Å². The largest absolute Gasteiger partial charge is 0.461 e. The molecule has 2 amide bonds. The maximum atomic E-state index is 12.0. The molecule has 0 fully saturated rings. The van der Waals surface area contributed by atoms with Crippen LogP contribution in [0.3, 0.4) is 0 Å². The van der Waals surface area contributed by atoms with E-state index in [1.54, 1.807) is 36.4 Å². The minimum atomic E-state index is -0.746. The Balaban J connectivity index is 1.94. The fraction of sp³-hybridized carbons (Fsp3) is 0.182. The highest BCUT2D eigenvalue weighted by Gasteiger charge is 2.11. The van der Waals surface area contributed by atoms with Crippen LogP contribution in [0.15, 0.2) is 61.7 Å². The van der Waals surface area contributed by atoms with E-state index in [1.807, 2.05) is 0 Å². The third-order valence-electron chi connectivity index (χ3n) is 3.79. The Labute approximate surface area is 183 Å². The average Bonchev–Trinajstić information content (AvgIpc) is 2.79. The summed E-state index contributed by atoms with van der Waals surface area (Å²) in [6.07, 6.45) is 0.547. The summed E-state index contributed by atoms with van der Waals surface area (Å²) in [5.74, 6) is -0.733. The molecular formula is C22H22N2O8. The second kappa shape index (κ2) is 12.4. The van der Waals surface area contributed by atoms with Gasteiger partial charge in [-0.1, -0.05) is 31.4 Å². The fourth-order valence-corrected chi connectivity index (χ4v) is 2.38. The van der Waals surface area contributed by atoms with Crippen molar-refractivity contribution < 1.29 is 38.1 Å². The lowest BCUT2D eigenvalue weighted by atomic mass is 10.1. The van der Waals surface area contributed by atoms with Crippen LogP contribution in [0.25, 0.3) is 10.8 Å². The summed E-state index contributed by atoms with van der Waals surface area (Å²) in [5, 5.41) is 6.17. The van der Waals surface area contributed by atoms with Gasteiger partial charge >= 0.3 is 24.1 Å². The quantitative estimate of drug-likeness (QED) is 0.326. The van der Waals surface area contributed by atoms with Crippen LogP contribution < -0.4 is 20.1 Å².